The molecule has 0 radical (unpaired) electrons. The van der Waals surface area contributed by atoms with Crippen molar-refractivity contribution in [3.8, 4) is 11.4 Å². The second kappa shape index (κ2) is 12.9. The number of hydrogen-bond acceptors (Lipinski definition) is 6. The lowest BCUT2D eigenvalue weighted by molar-refractivity contribution is 0.225. The summed E-state index contributed by atoms with van der Waals surface area (Å²) >= 11 is 13.7. The Morgan fingerprint density at radius 3 is 2.26 bits per heavy atom. The maximum Gasteiger partial charge on any atom is 0.442 e. The van der Waals surface area contributed by atoms with Gasteiger partial charge in [0.05, 0.1) is 21.8 Å². The number of nitrogens with zero attached hydrogens (tertiary/aromatic N) is 3. The Bertz CT molecular complexity index is 1010. The minimum atomic E-state index is -0.607. The Labute approximate surface area is 216 Å². The summed E-state index contributed by atoms with van der Waals surface area (Å²) in [5, 5.41) is 5.15. The van der Waals surface area contributed by atoms with Gasteiger partial charge in [-0.25, -0.2) is 4.79 Å². The van der Waals surface area contributed by atoms with Crippen LogP contribution in [-0.4, -0.2) is 44.9 Å². The first-order valence-electron chi connectivity index (χ1n) is 11.6. The van der Waals surface area contributed by atoms with Crippen molar-refractivity contribution in [3.05, 3.63) is 38.6 Å². The summed E-state index contributed by atoms with van der Waals surface area (Å²) in [6.45, 7) is 13.4. The molecule has 0 atom stereocenters. The van der Waals surface area contributed by atoms with Crippen molar-refractivity contribution in [3.63, 3.8) is 0 Å². The molecule has 1 fully saturated rings. The van der Waals surface area contributed by atoms with E-state index in [4.69, 9.17) is 32.4 Å². The van der Waals surface area contributed by atoms with E-state index in [1.807, 2.05) is 46.4 Å². The fourth-order valence-corrected chi connectivity index (χ4v) is 4.35. The van der Waals surface area contributed by atoms with Crippen LogP contribution in [0.5, 0.6) is 5.75 Å². The predicted octanol–water partition coefficient (Wildman–Crippen LogP) is 6.95. The molecule has 190 valence electrons. The molecule has 1 saturated heterocycles. The van der Waals surface area contributed by atoms with Crippen LogP contribution in [0, 0.1) is 0 Å². The summed E-state index contributed by atoms with van der Waals surface area (Å²) in [4.78, 5) is 25.5. The summed E-state index contributed by atoms with van der Waals surface area (Å²) in [7, 11) is 0. The number of amides is 1. The maximum absolute atomic E-state index is 12.1. The largest absolute Gasteiger partial charge is 0.489 e. The number of carbonyl (C=O) groups excluding carboxylic acids is 1. The van der Waals surface area contributed by atoms with Crippen LogP contribution in [0.1, 0.15) is 73.1 Å². The number of ether oxygens (including phenoxy) is 1. The average molecular weight is 533 g/mol. The van der Waals surface area contributed by atoms with Gasteiger partial charge in [0.15, 0.2) is 0 Å². The van der Waals surface area contributed by atoms with Crippen LogP contribution < -0.4 is 10.5 Å². The minimum absolute atomic E-state index is 0.0642. The van der Waals surface area contributed by atoms with Crippen LogP contribution in [0.25, 0.3) is 5.69 Å². The van der Waals surface area contributed by atoms with Crippen molar-refractivity contribution in [1.82, 2.24) is 14.7 Å². The van der Waals surface area contributed by atoms with E-state index in [-0.39, 0.29) is 21.8 Å². The van der Waals surface area contributed by atoms with E-state index in [1.54, 1.807) is 6.07 Å². The van der Waals surface area contributed by atoms with Crippen molar-refractivity contribution in [2.45, 2.75) is 78.7 Å². The highest BCUT2D eigenvalue weighted by molar-refractivity contribution is 8.13. The maximum atomic E-state index is 12.1. The van der Waals surface area contributed by atoms with E-state index < -0.39 is 5.76 Å². The molecule has 0 spiro atoms. The molecule has 3 rings (SSSR count). The summed E-state index contributed by atoms with van der Waals surface area (Å²) in [6.07, 6.45) is 4.90. The third kappa shape index (κ3) is 8.24. The number of halogens is 2. The molecule has 0 bridgehead atoms. The van der Waals surface area contributed by atoms with Crippen LogP contribution in [-0.2, 0) is 5.41 Å². The van der Waals surface area contributed by atoms with Crippen LogP contribution >= 0.6 is 35.0 Å². The van der Waals surface area contributed by atoms with Gasteiger partial charge in [-0.15, -0.1) is 5.10 Å². The van der Waals surface area contributed by atoms with E-state index in [1.165, 1.54) is 43.5 Å². The van der Waals surface area contributed by atoms with E-state index in [9.17, 15) is 9.59 Å². The van der Waals surface area contributed by atoms with Gasteiger partial charge in [0.2, 0.25) is 5.89 Å². The molecule has 0 aliphatic carbocycles. The van der Waals surface area contributed by atoms with Gasteiger partial charge < -0.3 is 14.1 Å². The van der Waals surface area contributed by atoms with Gasteiger partial charge in [-0.3, -0.25) is 4.79 Å². The zero-order chi connectivity index (χ0) is 25.5. The van der Waals surface area contributed by atoms with Crippen molar-refractivity contribution in [1.29, 1.82) is 0 Å². The standard InChI is InChI=1S/C15H18Cl2N2O3.C9H17NOS/c1-8(2)21-12-7-11(9(16)6-10(12)17)19-14(20)22-13(18-19)15(3,4)5;1-2-12-9(11)10-7-5-3-4-6-8-10/h6-8H,1-5H3;2-8H2,1H3. The summed E-state index contributed by atoms with van der Waals surface area (Å²) in [5.41, 5.74) is -0.0217. The lowest BCUT2D eigenvalue weighted by atomic mass is 9.97. The highest BCUT2D eigenvalue weighted by Crippen LogP contribution is 2.33. The predicted molar refractivity (Wildman–Crippen MR) is 140 cm³/mol. The monoisotopic (exact) mass is 531 g/mol. The van der Waals surface area contributed by atoms with Gasteiger partial charge in [-0.05, 0) is 38.5 Å². The topological polar surface area (TPSA) is 77.6 Å². The van der Waals surface area contributed by atoms with Crippen molar-refractivity contribution in [2.24, 2.45) is 0 Å². The normalized spacial score (nSPS) is 14.4. The lowest BCUT2D eigenvalue weighted by Crippen LogP contribution is -2.28. The second-order valence-corrected chi connectivity index (χ2v) is 11.4. The van der Waals surface area contributed by atoms with Crippen LogP contribution in [0.2, 0.25) is 10.0 Å². The van der Waals surface area contributed by atoms with E-state index in [2.05, 4.69) is 5.10 Å². The molecule has 0 saturated carbocycles. The fourth-order valence-electron chi connectivity index (χ4n) is 3.23. The second-order valence-electron chi connectivity index (χ2n) is 9.34. The molecule has 34 heavy (non-hydrogen) atoms. The Morgan fingerprint density at radius 2 is 1.76 bits per heavy atom. The third-order valence-electron chi connectivity index (χ3n) is 4.91. The summed E-state index contributed by atoms with van der Waals surface area (Å²) in [5.74, 6) is 1.05. The Morgan fingerprint density at radius 1 is 1.15 bits per heavy atom. The molecule has 0 unspecified atom stereocenters. The van der Waals surface area contributed by atoms with E-state index in [0.29, 0.717) is 22.4 Å². The zero-order valence-electron chi connectivity index (χ0n) is 20.8. The highest BCUT2D eigenvalue weighted by atomic mass is 35.5. The van der Waals surface area contributed by atoms with Gasteiger partial charge in [0.25, 0.3) is 5.24 Å². The zero-order valence-corrected chi connectivity index (χ0v) is 23.1. The number of carbonyl (C=O) groups is 1. The van der Waals surface area contributed by atoms with Gasteiger partial charge in [-0.2, -0.15) is 4.68 Å². The number of hydrogen-bond donors (Lipinski definition) is 0. The molecular weight excluding hydrogens is 497 g/mol. The average Bonchev–Trinajstić information content (AvgIpc) is 2.95. The van der Waals surface area contributed by atoms with Gasteiger partial charge in [0, 0.05) is 24.6 Å². The number of likely N-dealkylation sites (tertiary alicyclic amines) is 1. The first-order chi connectivity index (χ1) is 15.9. The van der Waals surface area contributed by atoms with E-state index >= 15 is 0 Å². The summed E-state index contributed by atoms with van der Waals surface area (Å²) < 4.78 is 11.9. The van der Waals surface area contributed by atoms with Gasteiger partial charge in [-0.1, -0.05) is 75.5 Å². The fraction of sp³-hybridized carbons (Fsp3) is 0.625. The molecule has 1 aliphatic heterocycles. The number of benzene rings is 1. The summed E-state index contributed by atoms with van der Waals surface area (Å²) in [6, 6.07) is 3.11. The third-order valence-corrected chi connectivity index (χ3v) is 6.31. The van der Waals surface area contributed by atoms with Crippen LogP contribution in [0.3, 0.4) is 0 Å². The molecule has 10 heteroatoms. The first kappa shape index (κ1) is 28.6. The first-order valence-corrected chi connectivity index (χ1v) is 13.4. The smallest absolute Gasteiger partial charge is 0.442 e. The van der Waals surface area contributed by atoms with Crippen LogP contribution in [0.15, 0.2) is 21.3 Å². The molecular formula is C24H35Cl2N3O4S. The number of thioether (sulfide) groups is 1. The molecule has 7 nitrogen and oxygen atoms in total. The quantitative estimate of drug-likeness (QED) is 0.424. The van der Waals surface area contributed by atoms with Gasteiger partial charge >= 0.3 is 5.76 Å². The van der Waals surface area contributed by atoms with Crippen molar-refractivity contribution >= 4 is 40.2 Å². The molecule has 2 aromatic rings. The molecule has 0 N–H and O–H groups in total. The molecule has 1 aromatic carbocycles. The molecule has 2 heterocycles. The van der Waals surface area contributed by atoms with Crippen molar-refractivity contribution < 1.29 is 13.9 Å². The number of aromatic nitrogens is 2. The Balaban J connectivity index is 0.000000287. The molecule has 1 aromatic heterocycles. The highest BCUT2D eigenvalue weighted by Gasteiger charge is 2.24. The van der Waals surface area contributed by atoms with Crippen molar-refractivity contribution in [2.75, 3.05) is 18.8 Å². The Hall–Kier alpha value is -1.64. The van der Waals surface area contributed by atoms with Gasteiger partial charge in [0.1, 0.15) is 5.75 Å². The number of rotatable bonds is 4. The SMILES string of the molecule is CC(C)Oc1cc(-n2nc(C(C)(C)C)oc2=O)c(Cl)cc1Cl.CCSC(=O)N1CCCCCC1. The van der Waals surface area contributed by atoms with Crippen LogP contribution in [0.4, 0.5) is 4.79 Å². The molecule has 1 aliphatic rings. The Kier molecular flexibility index (Phi) is 10.8. The molecule has 1 amide bonds. The van der Waals surface area contributed by atoms with E-state index in [0.717, 1.165) is 23.5 Å². The minimum Gasteiger partial charge on any atom is -0.489 e. The lowest BCUT2D eigenvalue weighted by Gasteiger charge is -2.18.